The number of alkyl halides is 3. The number of aromatic nitrogens is 1. The van der Waals surface area contributed by atoms with Crippen molar-refractivity contribution in [1.82, 2.24) is 10.3 Å². The molecule has 0 saturated carbocycles. The second-order valence-corrected chi connectivity index (χ2v) is 5.92. The van der Waals surface area contributed by atoms with Crippen LogP contribution in [0.1, 0.15) is 15.9 Å². The zero-order valence-electron chi connectivity index (χ0n) is 12.7. The molecule has 2 N–H and O–H groups in total. The average molecular weight is 356 g/mol. The topological polar surface area (TPSA) is 62.2 Å². The lowest BCUT2D eigenvalue weighted by Crippen LogP contribution is -2.19. The Morgan fingerprint density at radius 1 is 1.38 bits per heavy atom. The monoisotopic (exact) mass is 356 g/mol. The Labute approximate surface area is 141 Å². The number of rotatable bonds is 5. The second-order valence-electron chi connectivity index (χ2n) is 4.79. The summed E-state index contributed by atoms with van der Waals surface area (Å²) in [6.45, 7) is -0.192. The van der Waals surface area contributed by atoms with Crippen LogP contribution < -0.4 is 5.32 Å². The van der Waals surface area contributed by atoms with Crippen LogP contribution in [0.5, 0.6) is 0 Å². The minimum atomic E-state index is -4.64. The first-order valence-electron chi connectivity index (χ1n) is 7.00. The van der Waals surface area contributed by atoms with Gasteiger partial charge < -0.3 is 10.4 Å². The number of hydrogen-bond donors (Lipinski definition) is 2. The Morgan fingerprint density at radius 3 is 2.67 bits per heavy atom. The molecule has 0 aliphatic rings. The number of nitrogens with one attached hydrogen (secondary N) is 1. The smallest absolute Gasteiger partial charge is 0.396 e. The van der Waals surface area contributed by atoms with Crippen LogP contribution in [0.3, 0.4) is 0 Å². The number of carbonyl (C=O) groups is 1. The zero-order valence-corrected chi connectivity index (χ0v) is 13.5. The third kappa shape index (κ3) is 4.07. The largest absolute Gasteiger partial charge is 0.417 e. The normalized spacial score (nSPS) is 11.4. The number of nitrogens with zero attached hydrogens (tertiary/aromatic N) is 1. The van der Waals surface area contributed by atoms with Crippen LogP contribution in [0, 0.1) is 0 Å². The minimum Gasteiger partial charge on any atom is -0.396 e. The molecule has 0 atom stereocenters. The van der Waals surface area contributed by atoms with Gasteiger partial charge >= 0.3 is 6.18 Å². The van der Waals surface area contributed by atoms with Crippen molar-refractivity contribution in [2.24, 2.45) is 0 Å². The van der Waals surface area contributed by atoms with Crippen molar-refractivity contribution in [2.45, 2.75) is 11.1 Å². The zero-order chi connectivity index (χ0) is 17.7. The molecule has 0 bridgehead atoms. The van der Waals surface area contributed by atoms with Crippen LogP contribution in [0.15, 0.2) is 41.6 Å². The van der Waals surface area contributed by atoms with Gasteiger partial charge in [-0.15, -0.1) is 11.8 Å². The Balaban J connectivity index is 2.74. The molecule has 2 rings (SSSR count). The highest BCUT2D eigenvalue weighted by Crippen LogP contribution is 2.42. The van der Waals surface area contributed by atoms with Crippen LogP contribution in [0.4, 0.5) is 13.2 Å². The number of amides is 1. The van der Waals surface area contributed by atoms with Crippen LogP contribution >= 0.6 is 11.8 Å². The second kappa shape index (κ2) is 7.67. The van der Waals surface area contributed by atoms with Gasteiger partial charge in [0.25, 0.3) is 5.91 Å². The summed E-state index contributed by atoms with van der Waals surface area (Å²) < 4.78 is 40.7. The number of pyridine rings is 1. The van der Waals surface area contributed by atoms with E-state index in [4.69, 9.17) is 5.11 Å². The molecule has 8 heteroatoms. The third-order valence-corrected chi connectivity index (χ3v) is 4.22. The van der Waals surface area contributed by atoms with E-state index in [2.05, 4.69) is 10.3 Å². The minimum absolute atomic E-state index is 0.0401. The summed E-state index contributed by atoms with van der Waals surface area (Å²) in [6.07, 6.45) is -1.83. The van der Waals surface area contributed by atoms with Gasteiger partial charge in [0, 0.05) is 46.8 Å². The highest BCUT2D eigenvalue weighted by atomic mass is 32.2. The maximum atomic E-state index is 13.6. The van der Waals surface area contributed by atoms with Crippen LogP contribution in [-0.2, 0) is 6.18 Å². The molecule has 128 valence electrons. The van der Waals surface area contributed by atoms with Crippen LogP contribution in [-0.4, -0.2) is 35.4 Å². The lowest BCUT2D eigenvalue weighted by molar-refractivity contribution is -0.137. The molecule has 0 aliphatic carbocycles. The summed E-state index contributed by atoms with van der Waals surface area (Å²) in [7, 11) is 1.35. The molecule has 2 aromatic rings. The first kappa shape index (κ1) is 18.3. The molecule has 0 spiro atoms. The van der Waals surface area contributed by atoms with E-state index < -0.39 is 17.6 Å². The van der Waals surface area contributed by atoms with Gasteiger partial charge in [0.15, 0.2) is 0 Å². The van der Waals surface area contributed by atoms with E-state index in [1.54, 1.807) is 6.07 Å². The number of thioether (sulfide) groups is 1. The number of carbonyl (C=O) groups excluding carboxylic acids is 1. The van der Waals surface area contributed by atoms with Gasteiger partial charge in [0.05, 0.1) is 12.2 Å². The summed E-state index contributed by atoms with van der Waals surface area (Å²) in [5.41, 5.74) is -0.731. The fourth-order valence-corrected chi connectivity index (χ4v) is 3.09. The summed E-state index contributed by atoms with van der Waals surface area (Å²) in [6, 6.07) is 5.31. The quantitative estimate of drug-likeness (QED) is 0.808. The number of benzene rings is 1. The molecule has 24 heavy (non-hydrogen) atoms. The average Bonchev–Trinajstić information content (AvgIpc) is 2.58. The molecular weight excluding hydrogens is 341 g/mol. The Kier molecular flexibility index (Phi) is 5.84. The molecule has 0 fully saturated rings. The summed E-state index contributed by atoms with van der Waals surface area (Å²) in [4.78, 5) is 16.0. The molecule has 1 heterocycles. The van der Waals surface area contributed by atoms with Crippen molar-refractivity contribution in [3.63, 3.8) is 0 Å². The standard InChI is InChI=1S/C16H15F3N2O2S/c1-20-15(23)11-7-12(16(17,18)19)14(10-3-2-4-21-9-10)13(8-11)24-6-5-22/h2-4,7-9,22H,5-6H2,1H3,(H,20,23). The molecule has 1 aromatic heterocycles. The molecule has 0 saturated heterocycles. The predicted molar refractivity (Wildman–Crippen MR) is 85.9 cm³/mol. The number of aliphatic hydroxyl groups excluding tert-OH is 1. The molecule has 0 aliphatic heterocycles. The molecule has 4 nitrogen and oxygen atoms in total. The maximum Gasteiger partial charge on any atom is 0.417 e. The van der Waals surface area contributed by atoms with E-state index in [9.17, 15) is 18.0 Å². The van der Waals surface area contributed by atoms with Crippen molar-refractivity contribution in [3.05, 3.63) is 47.8 Å². The van der Waals surface area contributed by atoms with Gasteiger partial charge in [0.2, 0.25) is 0 Å². The van der Waals surface area contributed by atoms with Gasteiger partial charge in [-0.3, -0.25) is 9.78 Å². The third-order valence-electron chi connectivity index (χ3n) is 3.20. The highest BCUT2D eigenvalue weighted by molar-refractivity contribution is 7.99. The van der Waals surface area contributed by atoms with Crippen molar-refractivity contribution < 1.29 is 23.1 Å². The van der Waals surface area contributed by atoms with E-state index in [0.29, 0.717) is 5.56 Å². The lowest BCUT2D eigenvalue weighted by Gasteiger charge is -2.18. The molecule has 0 unspecified atom stereocenters. The molecule has 0 radical (unpaired) electrons. The van der Waals surface area contributed by atoms with E-state index >= 15 is 0 Å². The summed E-state index contributed by atoms with van der Waals surface area (Å²) in [5, 5.41) is 11.3. The Hall–Kier alpha value is -2.06. The van der Waals surface area contributed by atoms with Gasteiger partial charge in [0.1, 0.15) is 0 Å². The molecule has 1 aromatic carbocycles. The van der Waals surface area contributed by atoms with Crippen molar-refractivity contribution in [2.75, 3.05) is 19.4 Å². The highest BCUT2D eigenvalue weighted by Gasteiger charge is 2.36. The van der Waals surface area contributed by atoms with E-state index in [-0.39, 0.29) is 28.4 Å². The van der Waals surface area contributed by atoms with E-state index in [1.807, 2.05) is 0 Å². The number of aliphatic hydroxyl groups is 1. The van der Waals surface area contributed by atoms with Crippen LogP contribution in [0.25, 0.3) is 11.1 Å². The Bertz CT molecular complexity index is 721. The van der Waals surface area contributed by atoms with Gasteiger partial charge in [-0.25, -0.2) is 0 Å². The summed E-state index contributed by atoms with van der Waals surface area (Å²) >= 11 is 1.06. The Morgan fingerprint density at radius 2 is 2.12 bits per heavy atom. The first-order chi connectivity index (χ1) is 11.4. The van der Waals surface area contributed by atoms with Crippen molar-refractivity contribution in [3.8, 4) is 11.1 Å². The predicted octanol–water partition coefficient (Wildman–Crippen LogP) is 3.21. The van der Waals surface area contributed by atoms with E-state index in [0.717, 1.165) is 17.8 Å². The first-order valence-corrected chi connectivity index (χ1v) is 7.98. The van der Waals surface area contributed by atoms with Gasteiger partial charge in [-0.05, 0) is 18.2 Å². The van der Waals surface area contributed by atoms with Crippen molar-refractivity contribution in [1.29, 1.82) is 0 Å². The fraction of sp³-hybridized carbons (Fsp3) is 0.250. The van der Waals surface area contributed by atoms with Gasteiger partial charge in [-0.1, -0.05) is 6.07 Å². The fourth-order valence-electron chi connectivity index (χ4n) is 2.19. The van der Waals surface area contributed by atoms with Crippen LogP contribution in [0.2, 0.25) is 0 Å². The number of halogens is 3. The molecular formula is C16H15F3N2O2S. The molecule has 1 amide bonds. The SMILES string of the molecule is CNC(=O)c1cc(SCCO)c(-c2cccnc2)c(C(F)(F)F)c1. The number of hydrogen-bond acceptors (Lipinski definition) is 4. The lowest BCUT2D eigenvalue weighted by atomic mass is 9.97. The van der Waals surface area contributed by atoms with E-state index in [1.165, 1.54) is 31.6 Å². The van der Waals surface area contributed by atoms with Gasteiger partial charge in [-0.2, -0.15) is 13.2 Å². The maximum absolute atomic E-state index is 13.6. The summed E-state index contributed by atoms with van der Waals surface area (Å²) in [5.74, 6) is -0.397. The van der Waals surface area contributed by atoms with Crippen molar-refractivity contribution >= 4 is 17.7 Å².